The smallest absolute Gasteiger partial charge is 0.128 e. The largest absolute Gasteiger partial charge is 0.493 e. The minimum atomic E-state index is -0.292. The van der Waals surface area contributed by atoms with E-state index < -0.39 is 0 Å². The second-order valence-electron chi connectivity index (χ2n) is 3.34. The molecule has 0 fully saturated rings. The van der Waals surface area contributed by atoms with Crippen LogP contribution in [-0.2, 0) is 6.42 Å². The minimum absolute atomic E-state index is 0.292. The minimum Gasteiger partial charge on any atom is -0.493 e. The van der Waals surface area contributed by atoms with Gasteiger partial charge >= 0.3 is 0 Å². The van der Waals surface area contributed by atoms with Crippen LogP contribution in [0.15, 0.2) is 39.5 Å². The standard InChI is InChI=1S/C12H10BrFOS/c13-10-5-11(14)7-12(6-10)15-3-1-9-2-4-16-8-9/h2,4-8H,1,3H2. The van der Waals surface area contributed by atoms with Crippen LogP contribution in [0.2, 0.25) is 0 Å². The highest BCUT2D eigenvalue weighted by molar-refractivity contribution is 9.10. The molecule has 1 nitrogen and oxygen atoms in total. The third kappa shape index (κ3) is 3.32. The zero-order valence-corrected chi connectivity index (χ0v) is 10.9. The molecular weight excluding hydrogens is 291 g/mol. The number of hydrogen-bond donors (Lipinski definition) is 0. The van der Waals surface area contributed by atoms with E-state index in [1.807, 2.05) is 5.38 Å². The van der Waals surface area contributed by atoms with Crippen molar-refractivity contribution in [2.24, 2.45) is 0 Å². The molecular formula is C12H10BrFOS. The highest BCUT2D eigenvalue weighted by Crippen LogP contribution is 2.20. The molecule has 0 aliphatic rings. The second kappa shape index (κ2) is 5.46. The van der Waals surface area contributed by atoms with Crippen molar-refractivity contribution >= 4 is 27.3 Å². The predicted molar refractivity (Wildman–Crippen MR) is 67.6 cm³/mol. The van der Waals surface area contributed by atoms with Crippen molar-refractivity contribution in [3.05, 3.63) is 50.9 Å². The molecule has 0 aliphatic carbocycles. The van der Waals surface area contributed by atoms with E-state index in [-0.39, 0.29) is 5.82 Å². The normalized spacial score (nSPS) is 10.4. The maximum Gasteiger partial charge on any atom is 0.128 e. The van der Waals surface area contributed by atoms with Crippen LogP contribution in [0.1, 0.15) is 5.56 Å². The van der Waals surface area contributed by atoms with Gasteiger partial charge in [0, 0.05) is 17.0 Å². The van der Waals surface area contributed by atoms with Crippen LogP contribution >= 0.6 is 27.3 Å². The summed E-state index contributed by atoms with van der Waals surface area (Å²) >= 11 is 4.89. The topological polar surface area (TPSA) is 9.23 Å². The molecule has 0 unspecified atom stereocenters. The quantitative estimate of drug-likeness (QED) is 0.819. The Kier molecular flexibility index (Phi) is 3.96. The van der Waals surface area contributed by atoms with Crippen LogP contribution in [0.3, 0.4) is 0 Å². The molecule has 0 saturated heterocycles. The summed E-state index contributed by atoms with van der Waals surface area (Å²) in [4.78, 5) is 0. The van der Waals surface area contributed by atoms with Gasteiger partial charge in [-0.1, -0.05) is 15.9 Å². The lowest BCUT2D eigenvalue weighted by Crippen LogP contribution is -2.00. The van der Waals surface area contributed by atoms with E-state index in [4.69, 9.17) is 4.74 Å². The Labute approximate surface area is 106 Å². The number of benzene rings is 1. The fraction of sp³-hybridized carbons (Fsp3) is 0.167. The molecule has 0 N–H and O–H groups in total. The first-order valence-electron chi connectivity index (χ1n) is 4.84. The van der Waals surface area contributed by atoms with Crippen LogP contribution in [0, 0.1) is 5.82 Å². The first-order chi connectivity index (χ1) is 7.74. The summed E-state index contributed by atoms with van der Waals surface area (Å²) in [6.45, 7) is 0.562. The molecule has 0 amide bonds. The van der Waals surface area contributed by atoms with E-state index in [0.717, 1.165) is 6.42 Å². The first kappa shape index (κ1) is 11.6. The lowest BCUT2D eigenvalue weighted by molar-refractivity contribution is 0.320. The number of ether oxygens (including phenoxy) is 1. The molecule has 16 heavy (non-hydrogen) atoms. The van der Waals surface area contributed by atoms with Gasteiger partial charge in [-0.15, -0.1) is 0 Å². The van der Waals surface area contributed by atoms with Gasteiger partial charge < -0.3 is 4.74 Å². The molecule has 0 radical (unpaired) electrons. The van der Waals surface area contributed by atoms with Crippen LogP contribution in [0.4, 0.5) is 4.39 Å². The average Bonchev–Trinajstić information content (AvgIpc) is 2.69. The van der Waals surface area contributed by atoms with Gasteiger partial charge in [-0.25, -0.2) is 4.39 Å². The Morgan fingerprint density at radius 2 is 2.19 bits per heavy atom. The number of rotatable bonds is 4. The fourth-order valence-corrected chi connectivity index (χ4v) is 2.48. The molecule has 0 atom stereocenters. The molecule has 0 bridgehead atoms. The van der Waals surface area contributed by atoms with Gasteiger partial charge in [-0.3, -0.25) is 0 Å². The highest BCUT2D eigenvalue weighted by atomic mass is 79.9. The molecule has 2 rings (SSSR count). The summed E-state index contributed by atoms with van der Waals surface area (Å²) in [6.07, 6.45) is 0.845. The van der Waals surface area contributed by atoms with Gasteiger partial charge in [0.1, 0.15) is 11.6 Å². The summed E-state index contributed by atoms with van der Waals surface area (Å²) in [5, 5.41) is 4.12. The molecule has 1 heterocycles. The lowest BCUT2D eigenvalue weighted by Gasteiger charge is -2.05. The van der Waals surface area contributed by atoms with E-state index in [0.29, 0.717) is 16.8 Å². The van der Waals surface area contributed by atoms with Crippen LogP contribution in [0.25, 0.3) is 0 Å². The SMILES string of the molecule is Fc1cc(Br)cc(OCCc2ccsc2)c1. The van der Waals surface area contributed by atoms with Gasteiger partial charge in [0.25, 0.3) is 0 Å². The summed E-state index contributed by atoms with van der Waals surface area (Å²) in [5.74, 6) is 0.266. The zero-order valence-electron chi connectivity index (χ0n) is 8.45. The molecule has 84 valence electrons. The Balaban J connectivity index is 1.89. The second-order valence-corrected chi connectivity index (χ2v) is 5.03. The maximum atomic E-state index is 13.0. The van der Waals surface area contributed by atoms with Gasteiger partial charge in [0.2, 0.25) is 0 Å². The van der Waals surface area contributed by atoms with E-state index in [1.165, 1.54) is 17.7 Å². The molecule has 0 saturated carbocycles. The Morgan fingerprint density at radius 1 is 1.31 bits per heavy atom. The lowest BCUT2D eigenvalue weighted by atomic mass is 10.2. The average molecular weight is 301 g/mol. The van der Waals surface area contributed by atoms with Crippen molar-refractivity contribution < 1.29 is 9.13 Å². The Hall–Kier alpha value is -0.870. The summed E-state index contributed by atoms with van der Waals surface area (Å²) < 4.78 is 19.2. The predicted octanol–water partition coefficient (Wildman–Crippen LogP) is 4.27. The molecule has 0 aliphatic heterocycles. The van der Waals surface area contributed by atoms with Crippen molar-refractivity contribution in [1.29, 1.82) is 0 Å². The van der Waals surface area contributed by atoms with Crippen LogP contribution in [0.5, 0.6) is 5.75 Å². The Morgan fingerprint density at radius 3 is 2.88 bits per heavy atom. The number of hydrogen-bond acceptors (Lipinski definition) is 2. The third-order valence-corrected chi connectivity index (χ3v) is 3.27. The third-order valence-electron chi connectivity index (χ3n) is 2.08. The van der Waals surface area contributed by atoms with Gasteiger partial charge in [0.15, 0.2) is 0 Å². The molecule has 0 spiro atoms. The van der Waals surface area contributed by atoms with Crippen molar-refractivity contribution in [1.82, 2.24) is 0 Å². The highest BCUT2D eigenvalue weighted by Gasteiger charge is 2.00. The van der Waals surface area contributed by atoms with E-state index in [1.54, 1.807) is 17.4 Å². The summed E-state index contributed by atoms with van der Waals surface area (Å²) in [6, 6.07) is 6.62. The van der Waals surface area contributed by atoms with Crippen LogP contribution < -0.4 is 4.74 Å². The van der Waals surface area contributed by atoms with Crippen molar-refractivity contribution in [2.45, 2.75) is 6.42 Å². The fourth-order valence-electron chi connectivity index (χ4n) is 1.33. The Bertz CT molecular complexity index is 436. The maximum absolute atomic E-state index is 13.0. The number of thiophene rings is 1. The van der Waals surface area contributed by atoms with E-state index >= 15 is 0 Å². The van der Waals surface area contributed by atoms with Gasteiger partial charge in [-0.05, 0) is 34.5 Å². The molecule has 2 aromatic rings. The van der Waals surface area contributed by atoms with Crippen molar-refractivity contribution in [3.63, 3.8) is 0 Å². The van der Waals surface area contributed by atoms with E-state index in [2.05, 4.69) is 27.4 Å². The summed E-state index contributed by atoms with van der Waals surface area (Å²) in [7, 11) is 0. The van der Waals surface area contributed by atoms with E-state index in [9.17, 15) is 4.39 Å². The summed E-state index contributed by atoms with van der Waals surface area (Å²) in [5.41, 5.74) is 1.25. The molecule has 1 aromatic heterocycles. The van der Waals surface area contributed by atoms with Crippen LogP contribution in [-0.4, -0.2) is 6.61 Å². The monoisotopic (exact) mass is 300 g/mol. The first-order valence-corrected chi connectivity index (χ1v) is 6.57. The van der Waals surface area contributed by atoms with Gasteiger partial charge in [-0.2, -0.15) is 11.3 Å². The zero-order chi connectivity index (χ0) is 11.4. The molecule has 4 heteroatoms. The van der Waals surface area contributed by atoms with Gasteiger partial charge in [0.05, 0.1) is 6.61 Å². The molecule has 1 aromatic carbocycles. The number of halogens is 2. The van der Waals surface area contributed by atoms with Crippen molar-refractivity contribution in [2.75, 3.05) is 6.61 Å². The van der Waals surface area contributed by atoms with Crippen molar-refractivity contribution in [3.8, 4) is 5.75 Å².